The van der Waals surface area contributed by atoms with Gasteiger partial charge in [0.25, 0.3) is 0 Å². The number of anilines is 1. The Morgan fingerprint density at radius 3 is 2.46 bits per heavy atom. The highest BCUT2D eigenvalue weighted by atomic mass is 16.5. The number of carbonyl (C=O) groups excluding carboxylic acids is 2. The van der Waals surface area contributed by atoms with E-state index in [9.17, 15) is 9.59 Å². The number of pyridine rings is 1. The molecule has 0 bridgehead atoms. The van der Waals surface area contributed by atoms with E-state index in [4.69, 9.17) is 4.74 Å². The summed E-state index contributed by atoms with van der Waals surface area (Å²) in [5, 5.41) is 6.12. The van der Waals surface area contributed by atoms with E-state index in [1.165, 1.54) is 0 Å². The van der Waals surface area contributed by atoms with Gasteiger partial charge in [0.15, 0.2) is 0 Å². The van der Waals surface area contributed by atoms with Gasteiger partial charge in [-0.25, -0.2) is 0 Å². The fraction of sp³-hybridized carbons (Fsp3) is 0.150. The van der Waals surface area contributed by atoms with Crippen LogP contribution in [0.2, 0.25) is 0 Å². The van der Waals surface area contributed by atoms with E-state index >= 15 is 0 Å². The predicted octanol–water partition coefficient (Wildman–Crippen LogP) is 2.64. The van der Waals surface area contributed by atoms with Crippen LogP contribution in [0.5, 0.6) is 0 Å². The molecular weight excluding hydrogens is 330 g/mol. The molecule has 0 fully saturated rings. The third-order valence-electron chi connectivity index (χ3n) is 3.87. The number of carbonyl (C=O) groups is 2. The quantitative estimate of drug-likeness (QED) is 0.694. The van der Waals surface area contributed by atoms with E-state index < -0.39 is 11.8 Å². The van der Waals surface area contributed by atoms with Gasteiger partial charge in [-0.3, -0.25) is 14.6 Å². The first-order chi connectivity index (χ1) is 12.7. The molecule has 0 saturated heterocycles. The SMILES string of the molecule is COCc1ccc(CNC(=O)C(=O)Nc2cccc3cccnc23)cc1. The molecule has 1 aromatic heterocycles. The molecule has 132 valence electrons. The van der Waals surface area contributed by atoms with Crippen molar-refractivity contribution in [1.29, 1.82) is 0 Å². The first kappa shape index (κ1) is 17.6. The minimum Gasteiger partial charge on any atom is -0.380 e. The first-order valence-corrected chi connectivity index (χ1v) is 8.17. The van der Waals surface area contributed by atoms with Crippen LogP contribution < -0.4 is 10.6 Å². The van der Waals surface area contributed by atoms with Gasteiger partial charge >= 0.3 is 11.8 Å². The van der Waals surface area contributed by atoms with Crippen molar-refractivity contribution >= 4 is 28.4 Å². The van der Waals surface area contributed by atoms with Gasteiger partial charge in [-0.2, -0.15) is 0 Å². The molecule has 2 N–H and O–H groups in total. The second kappa shape index (κ2) is 8.22. The van der Waals surface area contributed by atoms with Crippen molar-refractivity contribution in [3.63, 3.8) is 0 Å². The lowest BCUT2D eigenvalue weighted by Crippen LogP contribution is -2.35. The number of para-hydroxylation sites is 1. The third kappa shape index (κ3) is 4.23. The Morgan fingerprint density at radius 2 is 1.69 bits per heavy atom. The molecule has 0 saturated carbocycles. The highest BCUT2D eigenvalue weighted by molar-refractivity contribution is 6.40. The summed E-state index contributed by atoms with van der Waals surface area (Å²) in [4.78, 5) is 28.5. The summed E-state index contributed by atoms with van der Waals surface area (Å²) >= 11 is 0. The molecule has 2 amide bonds. The Hall–Kier alpha value is -3.25. The Balaban J connectivity index is 1.60. The molecule has 0 aliphatic rings. The summed E-state index contributed by atoms with van der Waals surface area (Å²) in [6.45, 7) is 0.807. The molecule has 2 aromatic carbocycles. The minimum atomic E-state index is -0.723. The van der Waals surface area contributed by atoms with Crippen molar-refractivity contribution in [2.45, 2.75) is 13.2 Å². The Bertz CT molecular complexity index is 918. The van der Waals surface area contributed by atoms with Crippen molar-refractivity contribution in [1.82, 2.24) is 10.3 Å². The minimum absolute atomic E-state index is 0.271. The van der Waals surface area contributed by atoms with E-state index in [1.807, 2.05) is 42.5 Å². The first-order valence-electron chi connectivity index (χ1n) is 8.17. The zero-order valence-corrected chi connectivity index (χ0v) is 14.4. The number of hydrogen-bond donors (Lipinski definition) is 2. The van der Waals surface area contributed by atoms with Crippen LogP contribution in [0.3, 0.4) is 0 Å². The van der Waals surface area contributed by atoms with Crippen LogP contribution in [0, 0.1) is 0 Å². The van der Waals surface area contributed by atoms with Gasteiger partial charge in [0.2, 0.25) is 0 Å². The highest BCUT2D eigenvalue weighted by Crippen LogP contribution is 2.20. The molecule has 0 radical (unpaired) electrons. The molecule has 26 heavy (non-hydrogen) atoms. The number of aromatic nitrogens is 1. The van der Waals surface area contributed by atoms with E-state index in [2.05, 4.69) is 15.6 Å². The number of methoxy groups -OCH3 is 1. The van der Waals surface area contributed by atoms with E-state index in [-0.39, 0.29) is 6.54 Å². The molecule has 1 heterocycles. The Labute approximate surface area is 151 Å². The van der Waals surface area contributed by atoms with Gasteiger partial charge in [-0.1, -0.05) is 42.5 Å². The molecule has 3 aromatic rings. The fourth-order valence-electron chi connectivity index (χ4n) is 2.57. The predicted molar refractivity (Wildman–Crippen MR) is 99.4 cm³/mol. The Morgan fingerprint density at radius 1 is 0.962 bits per heavy atom. The number of nitrogens with one attached hydrogen (secondary N) is 2. The van der Waals surface area contributed by atoms with Crippen molar-refractivity contribution in [3.8, 4) is 0 Å². The molecular formula is C20H19N3O3. The molecule has 0 unspecified atom stereocenters. The van der Waals surface area contributed by atoms with Crippen LogP contribution in [0.15, 0.2) is 60.8 Å². The summed E-state index contributed by atoms with van der Waals surface area (Å²) in [5.74, 6) is -1.42. The lowest BCUT2D eigenvalue weighted by atomic mass is 10.1. The summed E-state index contributed by atoms with van der Waals surface area (Å²) < 4.78 is 5.06. The molecule has 0 aliphatic heterocycles. The summed E-state index contributed by atoms with van der Waals surface area (Å²) in [5.41, 5.74) is 3.10. The largest absolute Gasteiger partial charge is 0.380 e. The van der Waals surface area contributed by atoms with Crippen molar-refractivity contribution in [3.05, 3.63) is 71.9 Å². The van der Waals surface area contributed by atoms with E-state index in [0.29, 0.717) is 17.8 Å². The third-order valence-corrected chi connectivity index (χ3v) is 3.87. The van der Waals surface area contributed by atoms with Gasteiger partial charge in [-0.05, 0) is 23.3 Å². The van der Waals surface area contributed by atoms with Crippen molar-refractivity contribution < 1.29 is 14.3 Å². The Kier molecular flexibility index (Phi) is 5.56. The topological polar surface area (TPSA) is 80.3 Å². The molecule has 6 nitrogen and oxygen atoms in total. The molecule has 3 rings (SSSR count). The van der Waals surface area contributed by atoms with Gasteiger partial charge in [0, 0.05) is 25.2 Å². The summed E-state index contributed by atoms with van der Waals surface area (Å²) in [6, 6.07) is 16.8. The lowest BCUT2D eigenvalue weighted by Gasteiger charge is -2.09. The zero-order chi connectivity index (χ0) is 18.4. The van der Waals surface area contributed by atoms with Crippen molar-refractivity contribution in [2.75, 3.05) is 12.4 Å². The molecule has 0 spiro atoms. The maximum atomic E-state index is 12.1. The van der Waals surface area contributed by atoms with Crippen LogP contribution >= 0.6 is 0 Å². The van der Waals surface area contributed by atoms with Crippen LogP contribution in [-0.2, 0) is 27.5 Å². The fourth-order valence-corrected chi connectivity index (χ4v) is 2.57. The second-order valence-electron chi connectivity index (χ2n) is 5.77. The molecule has 0 atom stereocenters. The number of nitrogens with zero attached hydrogens (tertiary/aromatic N) is 1. The normalized spacial score (nSPS) is 10.5. The van der Waals surface area contributed by atoms with Gasteiger partial charge in [0.1, 0.15) is 0 Å². The van der Waals surface area contributed by atoms with Crippen LogP contribution in [-0.4, -0.2) is 23.9 Å². The zero-order valence-electron chi connectivity index (χ0n) is 14.4. The number of fused-ring (bicyclic) bond motifs is 1. The van der Waals surface area contributed by atoms with Crippen LogP contribution in [0.25, 0.3) is 10.9 Å². The number of hydrogen-bond acceptors (Lipinski definition) is 4. The van der Waals surface area contributed by atoms with E-state index in [0.717, 1.165) is 16.5 Å². The molecule has 0 aliphatic carbocycles. The summed E-state index contributed by atoms with van der Waals surface area (Å²) in [7, 11) is 1.64. The maximum Gasteiger partial charge on any atom is 0.313 e. The lowest BCUT2D eigenvalue weighted by molar-refractivity contribution is -0.136. The average molecular weight is 349 g/mol. The monoisotopic (exact) mass is 349 g/mol. The highest BCUT2D eigenvalue weighted by Gasteiger charge is 2.15. The smallest absolute Gasteiger partial charge is 0.313 e. The van der Waals surface area contributed by atoms with Crippen LogP contribution in [0.4, 0.5) is 5.69 Å². The standard InChI is InChI=1S/C20H19N3O3/c1-26-13-15-9-7-14(8-10-15)12-22-19(24)20(25)23-17-6-2-4-16-5-3-11-21-18(16)17/h2-11H,12-13H2,1H3,(H,22,24)(H,23,25). The average Bonchev–Trinajstić information content (AvgIpc) is 2.67. The van der Waals surface area contributed by atoms with Gasteiger partial charge in [-0.15, -0.1) is 0 Å². The van der Waals surface area contributed by atoms with Crippen LogP contribution in [0.1, 0.15) is 11.1 Å². The molecule has 6 heteroatoms. The van der Waals surface area contributed by atoms with Crippen molar-refractivity contribution in [2.24, 2.45) is 0 Å². The van der Waals surface area contributed by atoms with Gasteiger partial charge in [0.05, 0.1) is 17.8 Å². The number of rotatable bonds is 5. The summed E-state index contributed by atoms with van der Waals surface area (Å²) in [6.07, 6.45) is 1.64. The van der Waals surface area contributed by atoms with E-state index in [1.54, 1.807) is 25.4 Å². The second-order valence-corrected chi connectivity index (χ2v) is 5.77. The van der Waals surface area contributed by atoms with Gasteiger partial charge < -0.3 is 15.4 Å². The number of benzene rings is 2. The number of ether oxygens (including phenoxy) is 1. The maximum absolute atomic E-state index is 12.1. The number of amides is 2.